The van der Waals surface area contributed by atoms with Crippen LogP contribution in [0.25, 0.3) is 0 Å². The van der Waals surface area contributed by atoms with E-state index >= 15 is 0 Å². The van der Waals surface area contributed by atoms with Gasteiger partial charge in [0.2, 0.25) is 0 Å². The highest BCUT2D eigenvalue weighted by Gasteiger charge is 1.99. The minimum Gasteiger partial charge on any atom is -0.385 e. The number of aryl methyl sites for hydroxylation is 1. The van der Waals surface area contributed by atoms with Crippen LogP contribution >= 0.6 is 0 Å². The standard InChI is InChI=1S/C13H15N3/c1-11-5-6-12(10-15)9-13(11)16-8-4-2-3-7-14/h5-6,9,16H,2-4,8H2,1H3. The predicted octanol–water partition coefficient (Wildman–Crippen LogP) is 2.97. The molecule has 3 heteroatoms. The lowest BCUT2D eigenvalue weighted by Gasteiger charge is -2.09. The minimum absolute atomic E-state index is 0.610. The normalized spacial score (nSPS) is 9.19. The van der Waals surface area contributed by atoms with Gasteiger partial charge in [-0.1, -0.05) is 6.07 Å². The Kier molecular flexibility index (Phi) is 4.89. The molecule has 0 aliphatic carbocycles. The van der Waals surface area contributed by atoms with Crippen LogP contribution in [0.2, 0.25) is 0 Å². The lowest BCUT2D eigenvalue weighted by atomic mass is 10.1. The van der Waals surface area contributed by atoms with Gasteiger partial charge in [0.05, 0.1) is 17.7 Å². The molecule has 0 saturated carbocycles. The molecule has 0 spiro atoms. The summed E-state index contributed by atoms with van der Waals surface area (Å²) in [5.74, 6) is 0. The molecule has 0 atom stereocenters. The van der Waals surface area contributed by atoms with Crippen LogP contribution < -0.4 is 5.32 Å². The number of nitriles is 2. The van der Waals surface area contributed by atoms with Gasteiger partial charge in [-0.25, -0.2) is 0 Å². The van der Waals surface area contributed by atoms with Crippen molar-refractivity contribution in [3.05, 3.63) is 29.3 Å². The molecule has 0 aliphatic heterocycles. The predicted molar refractivity (Wildman–Crippen MR) is 63.8 cm³/mol. The van der Waals surface area contributed by atoms with Crippen LogP contribution in [0.5, 0.6) is 0 Å². The van der Waals surface area contributed by atoms with E-state index < -0.39 is 0 Å². The Hall–Kier alpha value is -2.00. The summed E-state index contributed by atoms with van der Waals surface area (Å²) in [5, 5.41) is 20.5. The van der Waals surface area contributed by atoms with Crippen LogP contribution in [0.15, 0.2) is 18.2 Å². The molecule has 1 N–H and O–H groups in total. The fraction of sp³-hybridized carbons (Fsp3) is 0.385. The van der Waals surface area contributed by atoms with Crippen molar-refractivity contribution in [2.45, 2.75) is 26.2 Å². The van der Waals surface area contributed by atoms with E-state index in [9.17, 15) is 0 Å². The largest absolute Gasteiger partial charge is 0.385 e. The van der Waals surface area contributed by atoms with Crippen LogP contribution in [0.1, 0.15) is 30.4 Å². The molecule has 0 unspecified atom stereocenters. The van der Waals surface area contributed by atoms with Crippen LogP contribution in [0.3, 0.4) is 0 Å². The summed E-state index contributed by atoms with van der Waals surface area (Å²) in [6.45, 7) is 2.86. The van der Waals surface area contributed by atoms with Gasteiger partial charge in [0, 0.05) is 18.7 Å². The second-order valence-electron chi connectivity index (χ2n) is 3.68. The molecular weight excluding hydrogens is 198 g/mol. The Morgan fingerprint density at radius 2 is 2.06 bits per heavy atom. The molecule has 0 saturated heterocycles. The maximum Gasteiger partial charge on any atom is 0.0992 e. The lowest BCUT2D eigenvalue weighted by molar-refractivity contribution is 0.784. The molecule has 82 valence electrons. The third kappa shape index (κ3) is 3.63. The van der Waals surface area contributed by atoms with E-state index in [-0.39, 0.29) is 0 Å². The summed E-state index contributed by atoms with van der Waals surface area (Å²) >= 11 is 0. The monoisotopic (exact) mass is 213 g/mol. The third-order valence-corrected chi connectivity index (χ3v) is 2.40. The average Bonchev–Trinajstić information content (AvgIpc) is 2.31. The Morgan fingerprint density at radius 1 is 1.25 bits per heavy atom. The lowest BCUT2D eigenvalue weighted by Crippen LogP contribution is -2.03. The molecule has 0 fully saturated rings. The molecule has 3 nitrogen and oxygen atoms in total. The zero-order chi connectivity index (χ0) is 11.8. The molecule has 0 aromatic heterocycles. The number of nitrogens with one attached hydrogen (secondary N) is 1. The van der Waals surface area contributed by atoms with E-state index in [4.69, 9.17) is 10.5 Å². The van der Waals surface area contributed by atoms with Crippen molar-refractivity contribution in [1.29, 1.82) is 10.5 Å². The first-order valence-corrected chi connectivity index (χ1v) is 5.39. The van der Waals surface area contributed by atoms with E-state index in [0.29, 0.717) is 12.0 Å². The Balaban J connectivity index is 2.48. The number of anilines is 1. The van der Waals surface area contributed by atoms with Crippen molar-refractivity contribution in [1.82, 2.24) is 0 Å². The molecular formula is C13H15N3. The Labute approximate surface area is 96.3 Å². The molecule has 0 heterocycles. The average molecular weight is 213 g/mol. The number of hydrogen-bond donors (Lipinski definition) is 1. The van der Waals surface area contributed by atoms with Gasteiger partial charge in [-0.3, -0.25) is 0 Å². The molecule has 0 amide bonds. The van der Waals surface area contributed by atoms with Gasteiger partial charge in [0.25, 0.3) is 0 Å². The fourth-order valence-corrected chi connectivity index (χ4v) is 1.43. The summed E-state index contributed by atoms with van der Waals surface area (Å²) in [5.41, 5.74) is 2.82. The second kappa shape index (κ2) is 6.48. The minimum atomic E-state index is 0.610. The second-order valence-corrected chi connectivity index (χ2v) is 3.68. The van der Waals surface area contributed by atoms with Gasteiger partial charge < -0.3 is 5.32 Å². The first kappa shape index (κ1) is 12.1. The Morgan fingerprint density at radius 3 is 2.75 bits per heavy atom. The summed E-state index contributed by atoms with van der Waals surface area (Å²) < 4.78 is 0. The van der Waals surface area contributed by atoms with Crippen molar-refractivity contribution in [2.24, 2.45) is 0 Å². The number of nitrogens with zero attached hydrogens (tertiary/aromatic N) is 2. The highest BCUT2D eigenvalue weighted by molar-refractivity contribution is 5.55. The van der Waals surface area contributed by atoms with Crippen LogP contribution in [0.4, 0.5) is 5.69 Å². The smallest absolute Gasteiger partial charge is 0.0992 e. The van der Waals surface area contributed by atoms with Crippen LogP contribution in [0, 0.1) is 29.6 Å². The van der Waals surface area contributed by atoms with Crippen molar-refractivity contribution in [3.8, 4) is 12.1 Å². The zero-order valence-corrected chi connectivity index (χ0v) is 9.45. The summed E-state index contributed by atoms with van der Waals surface area (Å²) in [6.07, 6.45) is 2.50. The summed E-state index contributed by atoms with van der Waals surface area (Å²) in [6, 6.07) is 9.86. The van der Waals surface area contributed by atoms with Crippen LogP contribution in [-0.4, -0.2) is 6.54 Å². The van der Waals surface area contributed by atoms with Gasteiger partial charge in [0.15, 0.2) is 0 Å². The van der Waals surface area contributed by atoms with E-state index in [1.807, 2.05) is 25.1 Å². The van der Waals surface area contributed by atoms with Crippen molar-refractivity contribution >= 4 is 5.69 Å². The van der Waals surface area contributed by atoms with E-state index in [1.54, 1.807) is 0 Å². The molecule has 1 aromatic carbocycles. The van der Waals surface area contributed by atoms with E-state index in [0.717, 1.165) is 30.6 Å². The first-order chi connectivity index (χ1) is 7.77. The number of unbranched alkanes of at least 4 members (excludes halogenated alkanes) is 2. The van der Waals surface area contributed by atoms with Crippen molar-refractivity contribution < 1.29 is 0 Å². The van der Waals surface area contributed by atoms with Crippen LogP contribution in [-0.2, 0) is 0 Å². The van der Waals surface area contributed by atoms with Gasteiger partial charge in [-0.2, -0.15) is 10.5 Å². The number of rotatable bonds is 5. The van der Waals surface area contributed by atoms with E-state index in [2.05, 4.69) is 17.5 Å². The molecule has 0 aliphatic rings. The fourth-order valence-electron chi connectivity index (χ4n) is 1.43. The molecule has 0 radical (unpaired) electrons. The SMILES string of the molecule is Cc1ccc(C#N)cc1NCCCCC#N. The molecule has 16 heavy (non-hydrogen) atoms. The van der Waals surface area contributed by atoms with E-state index in [1.165, 1.54) is 0 Å². The topological polar surface area (TPSA) is 59.6 Å². The summed E-state index contributed by atoms with van der Waals surface area (Å²) in [4.78, 5) is 0. The van der Waals surface area contributed by atoms with Gasteiger partial charge >= 0.3 is 0 Å². The maximum absolute atomic E-state index is 8.78. The van der Waals surface area contributed by atoms with Crippen molar-refractivity contribution in [3.63, 3.8) is 0 Å². The number of benzene rings is 1. The Bertz CT molecular complexity index is 424. The third-order valence-electron chi connectivity index (χ3n) is 2.40. The van der Waals surface area contributed by atoms with Gasteiger partial charge in [-0.05, 0) is 37.5 Å². The highest BCUT2D eigenvalue weighted by Crippen LogP contribution is 2.16. The maximum atomic E-state index is 8.78. The molecule has 1 rings (SSSR count). The molecule has 1 aromatic rings. The highest BCUT2D eigenvalue weighted by atomic mass is 14.9. The van der Waals surface area contributed by atoms with Gasteiger partial charge in [-0.15, -0.1) is 0 Å². The van der Waals surface area contributed by atoms with Gasteiger partial charge in [0.1, 0.15) is 0 Å². The number of hydrogen-bond acceptors (Lipinski definition) is 3. The molecule has 0 bridgehead atoms. The van der Waals surface area contributed by atoms with Crippen molar-refractivity contribution in [2.75, 3.05) is 11.9 Å². The quantitative estimate of drug-likeness (QED) is 0.765. The summed E-state index contributed by atoms with van der Waals surface area (Å²) in [7, 11) is 0. The first-order valence-electron chi connectivity index (χ1n) is 5.39. The zero-order valence-electron chi connectivity index (χ0n) is 9.45.